The fourth-order valence-corrected chi connectivity index (χ4v) is 4.16. The first-order chi connectivity index (χ1) is 20.0. The summed E-state index contributed by atoms with van der Waals surface area (Å²) in [5, 5.41) is 10.7. The number of phosphoric acid groups is 1. The Bertz CT molecular complexity index is 1010. The van der Waals surface area contributed by atoms with Gasteiger partial charge in [0.15, 0.2) is 6.54 Å². The smallest absolute Gasteiger partial charge is 0.457 e. The van der Waals surface area contributed by atoms with E-state index in [1.807, 2.05) is 0 Å². The Morgan fingerprint density at radius 1 is 0.976 bits per heavy atom. The summed E-state index contributed by atoms with van der Waals surface area (Å²) in [6, 6.07) is 4.78. The van der Waals surface area contributed by atoms with E-state index >= 15 is 0 Å². The van der Waals surface area contributed by atoms with Crippen molar-refractivity contribution in [1.29, 1.82) is 0 Å². The molecule has 15 heteroatoms. The predicted octanol–water partition coefficient (Wildman–Crippen LogP) is 5.05. The van der Waals surface area contributed by atoms with Gasteiger partial charge in [0, 0.05) is 18.7 Å². The van der Waals surface area contributed by atoms with E-state index in [9.17, 15) is 29.2 Å². The van der Waals surface area contributed by atoms with Crippen molar-refractivity contribution in [3.63, 3.8) is 0 Å². The van der Waals surface area contributed by atoms with E-state index in [0.717, 1.165) is 31.4 Å². The van der Waals surface area contributed by atoms with Crippen LogP contribution in [0.3, 0.4) is 0 Å². The molecule has 1 rings (SSSR count). The van der Waals surface area contributed by atoms with E-state index in [2.05, 4.69) is 13.6 Å². The molecule has 2 atom stereocenters. The van der Waals surface area contributed by atoms with Crippen LogP contribution in [0.15, 0.2) is 24.3 Å². The van der Waals surface area contributed by atoms with Crippen molar-refractivity contribution in [2.24, 2.45) is 0 Å². The van der Waals surface area contributed by atoms with Gasteiger partial charge in [0.2, 0.25) is 0 Å². The summed E-state index contributed by atoms with van der Waals surface area (Å²) in [6.07, 6.45) is 6.55. The van der Waals surface area contributed by atoms with Gasteiger partial charge in [-0.3, -0.25) is 24.0 Å². The summed E-state index contributed by atoms with van der Waals surface area (Å²) in [5.41, 5.74) is -0.172. The normalized spacial score (nSPS) is 13.1. The monoisotopic (exact) mass is 619 g/mol. The fourth-order valence-electron chi connectivity index (χ4n) is 3.42. The van der Waals surface area contributed by atoms with Gasteiger partial charge in [-0.15, -0.1) is 0 Å². The standard InChI is InChI=1S/C27H43N2O12P/c1-4-5-6-7-8-9-10-11-18-36-21-25(22-39-42(34,35)38-20-17-28(2)3)40-26(30)16-19-37-27(31)41-24-14-12-23(13-15-24)29(32)33/h12-15,25H,2,4-11,16-22H2,1,3H3/p+1/t25-/m1/s1. The number of benzene rings is 1. The van der Waals surface area contributed by atoms with Crippen LogP contribution in [0.2, 0.25) is 0 Å². The lowest BCUT2D eigenvalue weighted by molar-refractivity contribution is -0.490. The molecule has 0 fully saturated rings. The van der Waals surface area contributed by atoms with Crippen LogP contribution >= 0.6 is 7.82 Å². The predicted molar refractivity (Wildman–Crippen MR) is 153 cm³/mol. The van der Waals surface area contributed by atoms with Gasteiger partial charge in [0.05, 0.1) is 24.6 Å². The zero-order valence-corrected chi connectivity index (χ0v) is 25.4. The minimum atomic E-state index is -4.41. The number of non-ortho nitro benzene ring substituents is 1. The number of rotatable bonds is 24. The van der Waals surface area contributed by atoms with Gasteiger partial charge in [-0.05, 0) is 18.6 Å². The molecule has 0 amide bonds. The molecule has 0 aliphatic heterocycles. The number of carbonyl (C=O) groups is 2. The third-order valence-electron chi connectivity index (χ3n) is 5.67. The molecular weight excluding hydrogens is 575 g/mol. The number of unbranched alkanes of at least 4 members (excludes halogenated alkanes) is 7. The number of carbonyl (C=O) groups excluding carboxylic acids is 2. The van der Waals surface area contributed by atoms with Crippen molar-refractivity contribution < 1.29 is 56.5 Å². The van der Waals surface area contributed by atoms with Crippen molar-refractivity contribution in [2.45, 2.75) is 70.8 Å². The third kappa shape index (κ3) is 19.3. The minimum Gasteiger partial charge on any atom is -0.457 e. The highest BCUT2D eigenvalue weighted by atomic mass is 31.2. The lowest BCUT2D eigenvalue weighted by Gasteiger charge is -2.20. The van der Waals surface area contributed by atoms with Crippen LogP contribution in [0.5, 0.6) is 5.75 Å². The highest BCUT2D eigenvalue weighted by Crippen LogP contribution is 2.43. The van der Waals surface area contributed by atoms with Gasteiger partial charge in [-0.1, -0.05) is 51.9 Å². The van der Waals surface area contributed by atoms with Gasteiger partial charge in [-0.2, -0.15) is 0 Å². The number of esters is 1. The number of phosphoric ester groups is 1. The van der Waals surface area contributed by atoms with E-state index < -0.39 is 37.6 Å². The summed E-state index contributed by atoms with van der Waals surface area (Å²) in [7, 11) is -2.74. The SMILES string of the molecule is C=[N+](C)CCOP(=O)(O)OC[C@@H](COCCCCCCCCCC)OC(=O)CCOC(=O)Oc1ccc([N+](=O)[O-])cc1. The number of nitro benzene ring substituents is 1. The molecule has 0 radical (unpaired) electrons. The van der Waals surface area contributed by atoms with Gasteiger partial charge < -0.3 is 23.8 Å². The number of hydrogen-bond donors (Lipinski definition) is 1. The second-order valence-electron chi connectivity index (χ2n) is 9.54. The molecule has 0 heterocycles. The van der Waals surface area contributed by atoms with Gasteiger partial charge >= 0.3 is 19.9 Å². The average Bonchev–Trinajstić information content (AvgIpc) is 2.92. The number of nitro groups is 1. The highest BCUT2D eigenvalue weighted by Gasteiger charge is 2.26. The van der Waals surface area contributed by atoms with Crippen molar-refractivity contribution >= 4 is 32.4 Å². The van der Waals surface area contributed by atoms with Crippen LogP contribution in [0.25, 0.3) is 0 Å². The molecule has 1 unspecified atom stereocenters. The van der Waals surface area contributed by atoms with E-state index in [4.69, 9.17) is 28.0 Å². The quantitative estimate of drug-likeness (QED) is 0.0239. The molecule has 14 nitrogen and oxygen atoms in total. The van der Waals surface area contributed by atoms with Crippen LogP contribution in [0, 0.1) is 10.1 Å². The summed E-state index contributed by atoms with van der Waals surface area (Å²) in [4.78, 5) is 44.2. The van der Waals surface area contributed by atoms with E-state index in [1.165, 1.54) is 48.8 Å². The van der Waals surface area contributed by atoms with Gasteiger partial charge in [0.25, 0.3) is 5.69 Å². The van der Waals surface area contributed by atoms with Crippen molar-refractivity contribution in [1.82, 2.24) is 0 Å². The van der Waals surface area contributed by atoms with Crippen molar-refractivity contribution in [3.8, 4) is 5.75 Å². The molecule has 0 spiro atoms. The van der Waals surface area contributed by atoms with Crippen LogP contribution < -0.4 is 4.74 Å². The van der Waals surface area contributed by atoms with Crippen molar-refractivity contribution in [2.75, 3.05) is 46.6 Å². The largest absolute Gasteiger partial charge is 0.513 e. The maximum atomic E-state index is 12.3. The lowest BCUT2D eigenvalue weighted by atomic mass is 10.1. The Morgan fingerprint density at radius 2 is 1.62 bits per heavy atom. The van der Waals surface area contributed by atoms with Crippen LogP contribution in [-0.4, -0.2) is 86.0 Å². The Labute approximate surface area is 246 Å². The first-order valence-electron chi connectivity index (χ1n) is 14.0. The Morgan fingerprint density at radius 3 is 2.24 bits per heavy atom. The molecular formula is C27H44N2O12P+. The van der Waals surface area contributed by atoms with E-state index in [1.54, 1.807) is 7.05 Å². The van der Waals surface area contributed by atoms with Crippen molar-refractivity contribution in [3.05, 3.63) is 34.4 Å². The number of ether oxygens (including phenoxy) is 4. The molecule has 1 aromatic rings. The molecule has 1 N–H and O–H groups in total. The zero-order valence-electron chi connectivity index (χ0n) is 24.5. The molecule has 0 bridgehead atoms. The molecule has 1 aromatic carbocycles. The maximum Gasteiger partial charge on any atom is 0.513 e. The summed E-state index contributed by atoms with van der Waals surface area (Å²) in [6.45, 7) is 5.50. The Kier molecular flexibility index (Phi) is 19.2. The molecule has 238 valence electrons. The molecule has 0 aliphatic carbocycles. The molecule has 0 aliphatic rings. The van der Waals surface area contributed by atoms with E-state index in [-0.39, 0.29) is 37.7 Å². The lowest BCUT2D eigenvalue weighted by Crippen LogP contribution is -2.29. The van der Waals surface area contributed by atoms with Crippen LogP contribution in [0.1, 0.15) is 64.7 Å². The first-order valence-corrected chi connectivity index (χ1v) is 15.5. The van der Waals surface area contributed by atoms with Crippen LogP contribution in [-0.2, 0) is 32.6 Å². The fraction of sp³-hybridized carbons (Fsp3) is 0.667. The summed E-state index contributed by atoms with van der Waals surface area (Å²) >= 11 is 0. The van der Waals surface area contributed by atoms with Gasteiger partial charge in [-0.25, -0.2) is 13.9 Å². The van der Waals surface area contributed by atoms with E-state index in [0.29, 0.717) is 13.2 Å². The minimum absolute atomic E-state index is 0.0246. The molecule has 0 aromatic heterocycles. The second-order valence-corrected chi connectivity index (χ2v) is 11.0. The Balaban J connectivity index is 2.47. The highest BCUT2D eigenvalue weighted by molar-refractivity contribution is 7.47. The first kappa shape index (κ1) is 37.1. The summed E-state index contributed by atoms with van der Waals surface area (Å²) in [5.74, 6) is -0.744. The zero-order chi connectivity index (χ0) is 31.2. The molecule has 0 saturated carbocycles. The Hall–Kier alpha value is -2.90. The third-order valence-corrected chi connectivity index (χ3v) is 6.65. The van der Waals surface area contributed by atoms with Gasteiger partial charge in [0.1, 0.15) is 38.8 Å². The molecule has 42 heavy (non-hydrogen) atoms. The number of hydrogen-bond acceptors (Lipinski definition) is 11. The number of likely N-dealkylation sites (N-methyl/N-ethyl adjacent to an activating group) is 1. The number of nitrogens with zero attached hydrogens (tertiary/aromatic N) is 2. The van der Waals surface area contributed by atoms with Crippen LogP contribution in [0.4, 0.5) is 10.5 Å². The second kappa shape index (κ2) is 21.8. The summed E-state index contributed by atoms with van der Waals surface area (Å²) < 4.78 is 44.2. The topological polar surface area (TPSA) is 173 Å². The molecule has 0 saturated heterocycles. The maximum absolute atomic E-state index is 12.3. The average molecular weight is 620 g/mol.